The molecule has 0 bridgehead atoms. The highest BCUT2D eigenvalue weighted by atomic mass is 79.9. The molecule has 2 aromatic rings. The standard InChI is InChI=1S/C13H13BrN2O2S/c1-8-3-9(14)5-10(4-8)15-13-16-11(7-19-13)6-12(17)18-2/h3-5,7H,6H2,1-2H3,(H,15,16). The van der Waals surface area contributed by atoms with Crippen molar-refractivity contribution in [3.8, 4) is 0 Å². The number of rotatable bonds is 4. The Kier molecular flexibility index (Phi) is 4.55. The van der Waals surface area contributed by atoms with E-state index in [1.54, 1.807) is 0 Å². The van der Waals surface area contributed by atoms with E-state index in [0.29, 0.717) is 5.69 Å². The lowest BCUT2D eigenvalue weighted by Crippen LogP contribution is -2.04. The van der Waals surface area contributed by atoms with Crippen LogP contribution in [0.15, 0.2) is 28.1 Å². The van der Waals surface area contributed by atoms with Gasteiger partial charge < -0.3 is 10.1 Å². The minimum Gasteiger partial charge on any atom is -0.469 e. The van der Waals surface area contributed by atoms with Gasteiger partial charge in [0.25, 0.3) is 0 Å². The molecule has 4 nitrogen and oxygen atoms in total. The Morgan fingerprint density at radius 3 is 2.95 bits per heavy atom. The van der Waals surface area contributed by atoms with Crippen LogP contribution in [-0.2, 0) is 16.0 Å². The maximum Gasteiger partial charge on any atom is 0.311 e. The summed E-state index contributed by atoms with van der Waals surface area (Å²) in [7, 11) is 1.37. The second-order valence-corrected chi connectivity index (χ2v) is 5.81. The zero-order valence-corrected chi connectivity index (χ0v) is 13.0. The number of halogens is 1. The first-order valence-corrected chi connectivity index (χ1v) is 7.29. The van der Waals surface area contributed by atoms with E-state index in [1.165, 1.54) is 18.4 Å². The Hall–Kier alpha value is -1.40. The quantitative estimate of drug-likeness (QED) is 0.862. The summed E-state index contributed by atoms with van der Waals surface area (Å²) in [6, 6.07) is 6.05. The van der Waals surface area contributed by atoms with Gasteiger partial charge >= 0.3 is 5.97 Å². The average Bonchev–Trinajstić information content (AvgIpc) is 2.74. The SMILES string of the molecule is COC(=O)Cc1csc(Nc2cc(C)cc(Br)c2)n1. The number of esters is 1. The molecule has 100 valence electrons. The first kappa shape index (κ1) is 14.0. The molecule has 1 heterocycles. The molecule has 1 aromatic carbocycles. The van der Waals surface area contributed by atoms with Gasteiger partial charge in [-0.15, -0.1) is 11.3 Å². The van der Waals surface area contributed by atoms with Gasteiger partial charge in [-0.05, 0) is 30.7 Å². The van der Waals surface area contributed by atoms with E-state index in [1.807, 2.05) is 30.5 Å². The summed E-state index contributed by atoms with van der Waals surface area (Å²) in [6.45, 7) is 2.03. The first-order chi connectivity index (χ1) is 9.06. The van der Waals surface area contributed by atoms with Crippen LogP contribution in [0.3, 0.4) is 0 Å². The Morgan fingerprint density at radius 1 is 1.47 bits per heavy atom. The largest absolute Gasteiger partial charge is 0.469 e. The van der Waals surface area contributed by atoms with Crippen molar-refractivity contribution in [1.82, 2.24) is 4.98 Å². The number of carbonyl (C=O) groups excluding carboxylic acids is 1. The number of nitrogens with one attached hydrogen (secondary N) is 1. The minimum atomic E-state index is -0.282. The van der Waals surface area contributed by atoms with E-state index >= 15 is 0 Å². The summed E-state index contributed by atoms with van der Waals surface area (Å²) in [5.74, 6) is -0.282. The molecule has 0 aliphatic carbocycles. The zero-order chi connectivity index (χ0) is 13.8. The fourth-order valence-electron chi connectivity index (χ4n) is 1.60. The van der Waals surface area contributed by atoms with Gasteiger partial charge in [0, 0.05) is 15.5 Å². The summed E-state index contributed by atoms with van der Waals surface area (Å²) >= 11 is 4.92. The lowest BCUT2D eigenvalue weighted by Gasteiger charge is -2.04. The molecule has 0 amide bonds. The molecule has 2 rings (SSSR count). The van der Waals surface area contributed by atoms with Crippen LogP contribution in [0.25, 0.3) is 0 Å². The van der Waals surface area contributed by atoms with E-state index in [4.69, 9.17) is 0 Å². The Balaban J connectivity index is 2.09. The number of hydrogen-bond acceptors (Lipinski definition) is 5. The molecule has 0 saturated carbocycles. The van der Waals surface area contributed by atoms with Crippen molar-refractivity contribution in [3.05, 3.63) is 39.3 Å². The van der Waals surface area contributed by atoms with E-state index in [2.05, 4.69) is 31.0 Å². The monoisotopic (exact) mass is 340 g/mol. The van der Waals surface area contributed by atoms with Crippen LogP contribution in [0.1, 0.15) is 11.3 Å². The molecule has 0 saturated heterocycles. The van der Waals surface area contributed by atoms with E-state index in [-0.39, 0.29) is 12.4 Å². The molecule has 0 aliphatic rings. The molecule has 0 atom stereocenters. The van der Waals surface area contributed by atoms with Crippen molar-refractivity contribution in [2.45, 2.75) is 13.3 Å². The lowest BCUT2D eigenvalue weighted by molar-refractivity contribution is -0.139. The van der Waals surface area contributed by atoms with Crippen molar-refractivity contribution < 1.29 is 9.53 Å². The number of carbonyl (C=O) groups is 1. The Bertz CT molecular complexity index is 578. The van der Waals surface area contributed by atoms with Gasteiger partial charge in [-0.25, -0.2) is 4.98 Å². The fourth-order valence-corrected chi connectivity index (χ4v) is 2.94. The molecule has 0 unspecified atom stereocenters. The van der Waals surface area contributed by atoms with Crippen molar-refractivity contribution >= 4 is 44.1 Å². The third kappa shape index (κ3) is 4.04. The van der Waals surface area contributed by atoms with Crippen LogP contribution < -0.4 is 5.32 Å². The molecule has 0 fully saturated rings. The van der Waals surface area contributed by atoms with Gasteiger partial charge in [-0.3, -0.25) is 4.79 Å². The average molecular weight is 341 g/mol. The summed E-state index contributed by atoms with van der Waals surface area (Å²) in [5.41, 5.74) is 2.83. The number of thiazole rings is 1. The third-order valence-electron chi connectivity index (χ3n) is 2.40. The topological polar surface area (TPSA) is 51.2 Å². The second kappa shape index (κ2) is 6.16. The van der Waals surface area contributed by atoms with Gasteiger partial charge in [-0.2, -0.15) is 0 Å². The highest BCUT2D eigenvalue weighted by molar-refractivity contribution is 9.10. The molecular weight excluding hydrogens is 328 g/mol. The Morgan fingerprint density at radius 2 is 2.26 bits per heavy atom. The van der Waals surface area contributed by atoms with Crippen LogP contribution in [0, 0.1) is 6.92 Å². The maximum atomic E-state index is 11.2. The van der Waals surface area contributed by atoms with E-state index in [9.17, 15) is 4.79 Å². The molecule has 0 spiro atoms. The number of hydrogen-bond donors (Lipinski definition) is 1. The third-order valence-corrected chi connectivity index (χ3v) is 3.66. The minimum absolute atomic E-state index is 0.201. The molecule has 6 heteroatoms. The highest BCUT2D eigenvalue weighted by Gasteiger charge is 2.08. The van der Waals surface area contributed by atoms with Gasteiger partial charge in [0.2, 0.25) is 0 Å². The first-order valence-electron chi connectivity index (χ1n) is 5.62. The van der Waals surface area contributed by atoms with Crippen molar-refractivity contribution in [2.24, 2.45) is 0 Å². The van der Waals surface area contributed by atoms with Gasteiger partial charge in [0.05, 0.1) is 19.2 Å². The number of benzene rings is 1. The normalized spacial score (nSPS) is 10.3. The summed E-state index contributed by atoms with van der Waals surface area (Å²) in [5, 5.41) is 5.83. The fraction of sp³-hybridized carbons (Fsp3) is 0.231. The summed E-state index contributed by atoms with van der Waals surface area (Å²) in [4.78, 5) is 15.5. The van der Waals surface area contributed by atoms with E-state index < -0.39 is 0 Å². The van der Waals surface area contributed by atoms with Crippen molar-refractivity contribution in [1.29, 1.82) is 0 Å². The number of methoxy groups -OCH3 is 1. The summed E-state index contributed by atoms with van der Waals surface area (Å²) < 4.78 is 5.63. The van der Waals surface area contributed by atoms with Crippen LogP contribution in [0.2, 0.25) is 0 Å². The number of aryl methyl sites for hydroxylation is 1. The molecule has 19 heavy (non-hydrogen) atoms. The van der Waals surface area contributed by atoms with Crippen molar-refractivity contribution in [2.75, 3.05) is 12.4 Å². The smallest absolute Gasteiger partial charge is 0.311 e. The molecule has 1 aromatic heterocycles. The van der Waals surface area contributed by atoms with Crippen LogP contribution in [-0.4, -0.2) is 18.1 Å². The summed E-state index contributed by atoms with van der Waals surface area (Å²) in [6.07, 6.45) is 0.201. The predicted octanol–water partition coefficient (Wildman–Crippen LogP) is 3.67. The van der Waals surface area contributed by atoms with Gasteiger partial charge in [-0.1, -0.05) is 15.9 Å². The number of ether oxygens (including phenoxy) is 1. The van der Waals surface area contributed by atoms with Crippen molar-refractivity contribution in [3.63, 3.8) is 0 Å². The van der Waals surface area contributed by atoms with Gasteiger partial charge in [0.1, 0.15) is 0 Å². The zero-order valence-electron chi connectivity index (χ0n) is 10.6. The number of nitrogens with zero attached hydrogens (tertiary/aromatic N) is 1. The molecule has 0 aliphatic heterocycles. The number of aromatic nitrogens is 1. The molecule has 0 radical (unpaired) electrons. The second-order valence-electron chi connectivity index (χ2n) is 4.04. The Labute approximate surface area is 124 Å². The van der Waals surface area contributed by atoms with Crippen LogP contribution >= 0.6 is 27.3 Å². The number of anilines is 2. The van der Waals surface area contributed by atoms with Crippen LogP contribution in [0.5, 0.6) is 0 Å². The van der Waals surface area contributed by atoms with Crippen LogP contribution in [0.4, 0.5) is 10.8 Å². The van der Waals surface area contributed by atoms with E-state index in [0.717, 1.165) is 20.9 Å². The van der Waals surface area contributed by atoms with Gasteiger partial charge in [0.15, 0.2) is 5.13 Å². The predicted molar refractivity (Wildman–Crippen MR) is 80.0 cm³/mol. The molecule has 1 N–H and O–H groups in total. The highest BCUT2D eigenvalue weighted by Crippen LogP contribution is 2.25. The lowest BCUT2D eigenvalue weighted by atomic mass is 10.2. The maximum absolute atomic E-state index is 11.2. The molecular formula is C13H13BrN2O2S.